The number of hydrogen-bond donors (Lipinski definition) is 1. The standard InChI is InChI=1S/C12H18N2O2/c1-2-6-13-11(15)12(4-3-5-12)14-7-9-16-10-8-14/h1H,3-10H2,(H,13,15). The maximum absolute atomic E-state index is 12.1. The molecule has 16 heavy (non-hydrogen) atoms. The molecular weight excluding hydrogens is 204 g/mol. The molecule has 1 aliphatic heterocycles. The van der Waals surface area contributed by atoms with Crippen LogP contribution in [0.1, 0.15) is 19.3 Å². The minimum Gasteiger partial charge on any atom is -0.379 e. The third-order valence-electron chi connectivity index (χ3n) is 3.57. The van der Waals surface area contributed by atoms with E-state index in [0.29, 0.717) is 6.54 Å². The van der Waals surface area contributed by atoms with E-state index in [-0.39, 0.29) is 11.4 Å². The van der Waals surface area contributed by atoms with Crippen LogP contribution in [0.4, 0.5) is 0 Å². The highest BCUT2D eigenvalue weighted by molar-refractivity contribution is 5.87. The fourth-order valence-corrected chi connectivity index (χ4v) is 2.49. The van der Waals surface area contributed by atoms with Crippen LogP contribution in [0.2, 0.25) is 0 Å². The monoisotopic (exact) mass is 222 g/mol. The number of carbonyl (C=O) groups is 1. The largest absolute Gasteiger partial charge is 0.379 e. The van der Waals surface area contributed by atoms with Crippen molar-refractivity contribution in [3.63, 3.8) is 0 Å². The topological polar surface area (TPSA) is 41.6 Å². The smallest absolute Gasteiger partial charge is 0.241 e. The first-order valence-corrected chi connectivity index (χ1v) is 5.84. The zero-order valence-corrected chi connectivity index (χ0v) is 9.50. The van der Waals surface area contributed by atoms with Gasteiger partial charge < -0.3 is 10.1 Å². The number of nitrogens with one attached hydrogen (secondary N) is 1. The van der Waals surface area contributed by atoms with Crippen LogP contribution in [0.5, 0.6) is 0 Å². The third-order valence-corrected chi connectivity index (χ3v) is 3.57. The van der Waals surface area contributed by atoms with Crippen molar-refractivity contribution in [3.05, 3.63) is 0 Å². The highest BCUT2D eigenvalue weighted by Crippen LogP contribution is 2.38. The van der Waals surface area contributed by atoms with Crippen molar-refractivity contribution in [2.45, 2.75) is 24.8 Å². The van der Waals surface area contributed by atoms with Crippen LogP contribution in [0.3, 0.4) is 0 Å². The van der Waals surface area contributed by atoms with Gasteiger partial charge in [0.15, 0.2) is 0 Å². The first-order valence-electron chi connectivity index (χ1n) is 5.84. The van der Waals surface area contributed by atoms with Gasteiger partial charge in [0, 0.05) is 13.1 Å². The van der Waals surface area contributed by atoms with Gasteiger partial charge in [-0.15, -0.1) is 6.42 Å². The third kappa shape index (κ3) is 1.93. The van der Waals surface area contributed by atoms with Crippen LogP contribution in [0.25, 0.3) is 0 Å². The lowest BCUT2D eigenvalue weighted by Crippen LogP contribution is -2.65. The molecule has 0 bridgehead atoms. The van der Waals surface area contributed by atoms with Crippen molar-refractivity contribution >= 4 is 5.91 Å². The fraction of sp³-hybridized carbons (Fsp3) is 0.750. The molecule has 2 fully saturated rings. The summed E-state index contributed by atoms with van der Waals surface area (Å²) in [6.07, 6.45) is 8.18. The van der Waals surface area contributed by atoms with Gasteiger partial charge in [-0.1, -0.05) is 5.92 Å². The van der Waals surface area contributed by atoms with Crippen molar-refractivity contribution < 1.29 is 9.53 Å². The van der Waals surface area contributed by atoms with Crippen molar-refractivity contribution in [2.75, 3.05) is 32.8 Å². The van der Waals surface area contributed by atoms with E-state index >= 15 is 0 Å². The molecule has 1 aliphatic carbocycles. The molecule has 1 N–H and O–H groups in total. The summed E-state index contributed by atoms with van der Waals surface area (Å²) in [5.41, 5.74) is -0.291. The second kappa shape index (κ2) is 4.86. The van der Waals surface area contributed by atoms with Gasteiger partial charge >= 0.3 is 0 Å². The zero-order chi connectivity index (χ0) is 11.4. The molecule has 4 heteroatoms. The Hall–Kier alpha value is -1.05. The Labute approximate surface area is 96.3 Å². The van der Waals surface area contributed by atoms with Crippen molar-refractivity contribution in [3.8, 4) is 12.3 Å². The molecule has 4 nitrogen and oxygen atoms in total. The first kappa shape index (κ1) is 11.4. The lowest BCUT2D eigenvalue weighted by Gasteiger charge is -2.49. The Morgan fingerprint density at radius 1 is 1.44 bits per heavy atom. The maximum Gasteiger partial charge on any atom is 0.241 e. The molecule has 2 rings (SSSR count). The van der Waals surface area contributed by atoms with Gasteiger partial charge in [-0.25, -0.2) is 0 Å². The lowest BCUT2D eigenvalue weighted by atomic mass is 9.74. The number of ether oxygens (including phenoxy) is 1. The molecule has 0 aromatic rings. The number of carbonyl (C=O) groups excluding carboxylic acids is 1. The Kier molecular flexibility index (Phi) is 3.47. The van der Waals surface area contributed by atoms with Crippen LogP contribution >= 0.6 is 0 Å². The Morgan fingerprint density at radius 2 is 2.12 bits per heavy atom. The van der Waals surface area contributed by atoms with Gasteiger partial charge in [0.1, 0.15) is 5.54 Å². The Balaban J connectivity index is 2.00. The summed E-state index contributed by atoms with van der Waals surface area (Å²) >= 11 is 0. The molecule has 0 radical (unpaired) electrons. The summed E-state index contributed by atoms with van der Waals surface area (Å²) in [5.74, 6) is 2.54. The van der Waals surface area contributed by atoms with E-state index in [9.17, 15) is 4.79 Å². The maximum atomic E-state index is 12.1. The van der Waals surface area contributed by atoms with E-state index < -0.39 is 0 Å². The molecule has 88 valence electrons. The molecule has 0 aromatic carbocycles. The molecule has 1 amide bonds. The molecule has 0 spiro atoms. The van der Waals surface area contributed by atoms with Gasteiger partial charge in [0.2, 0.25) is 5.91 Å². The Morgan fingerprint density at radius 3 is 2.62 bits per heavy atom. The van der Waals surface area contributed by atoms with Gasteiger partial charge in [-0.05, 0) is 19.3 Å². The predicted molar refractivity (Wildman–Crippen MR) is 60.8 cm³/mol. The first-order chi connectivity index (χ1) is 7.79. The predicted octanol–water partition coefficient (Wildman–Crippen LogP) is -0.00930. The van der Waals surface area contributed by atoms with Crippen molar-refractivity contribution in [2.24, 2.45) is 0 Å². The minimum atomic E-state index is -0.291. The highest BCUT2D eigenvalue weighted by atomic mass is 16.5. The Bertz CT molecular complexity index is 299. The summed E-state index contributed by atoms with van der Waals surface area (Å²) in [6.45, 7) is 3.48. The fourth-order valence-electron chi connectivity index (χ4n) is 2.49. The van der Waals surface area contributed by atoms with Gasteiger partial charge in [0.05, 0.1) is 19.8 Å². The molecule has 1 saturated carbocycles. The van der Waals surface area contributed by atoms with Crippen molar-refractivity contribution in [1.29, 1.82) is 0 Å². The summed E-state index contributed by atoms with van der Waals surface area (Å²) in [6, 6.07) is 0. The molecule has 0 unspecified atom stereocenters. The number of terminal acetylenes is 1. The molecule has 0 aromatic heterocycles. The summed E-state index contributed by atoms with van der Waals surface area (Å²) < 4.78 is 5.32. The van der Waals surface area contributed by atoms with Crippen LogP contribution in [0, 0.1) is 12.3 Å². The van der Waals surface area contributed by atoms with Gasteiger partial charge in [0.25, 0.3) is 0 Å². The van der Waals surface area contributed by atoms with E-state index in [4.69, 9.17) is 11.2 Å². The normalized spacial score (nSPS) is 24.2. The van der Waals surface area contributed by atoms with Gasteiger partial charge in [-0.2, -0.15) is 0 Å². The molecule has 1 saturated heterocycles. The molecule has 2 aliphatic rings. The van der Waals surface area contributed by atoms with Crippen LogP contribution in [-0.2, 0) is 9.53 Å². The van der Waals surface area contributed by atoms with Crippen LogP contribution in [0.15, 0.2) is 0 Å². The summed E-state index contributed by atoms with van der Waals surface area (Å²) in [7, 11) is 0. The number of amides is 1. The average molecular weight is 222 g/mol. The highest BCUT2D eigenvalue weighted by Gasteiger charge is 2.48. The number of nitrogens with zero attached hydrogens (tertiary/aromatic N) is 1. The lowest BCUT2D eigenvalue weighted by molar-refractivity contribution is -0.144. The second-order valence-electron chi connectivity index (χ2n) is 4.37. The number of morpholine rings is 1. The van der Waals surface area contributed by atoms with E-state index in [0.717, 1.165) is 45.6 Å². The number of rotatable bonds is 3. The van der Waals surface area contributed by atoms with Crippen molar-refractivity contribution in [1.82, 2.24) is 10.2 Å². The minimum absolute atomic E-state index is 0.0959. The molecular formula is C12H18N2O2. The molecule has 1 heterocycles. The van der Waals surface area contributed by atoms with E-state index in [1.165, 1.54) is 0 Å². The van der Waals surface area contributed by atoms with Crippen LogP contribution < -0.4 is 5.32 Å². The average Bonchev–Trinajstić information content (AvgIpc) is 2.26. The quantitative estimate of drug-likeness (QED) is 0.683. The zero-order valence-electron chi connectivity index (χ0n) is 9.50. The second-order valence-corrected chi connectivity index (χ2v) is 4.37. The van der Waals surface area contributed by atoms with Crippen LogP contribution in [-0.4, -0.2) is 49.2 Å². The SMILES string of the molecule is C#CCNC(=O)C1(N2CCOCC2)CCC1. The summed E-state index contributed by atoms with van der Waals surface area (Å²) in [5, 5.41) is 2.81. The van der Waals surface area contributed by atoms with E-state index in [2.05, 4.69) is 16.1 Å². The van der Waals surface area contributed by atoms with E-state index in [1.807, 2.05) is 0 Å². The number of hydrogen-bond acceptors (Lipinski definition) is 3. The summed E-state index contributed by atoms with van der Waals surface area (Å²) in [4.78, 5) is 14.4. The molecule has 0 atom stereocenters. The van der Waals surface area contributed by atoms with E-state index in [1.54, 1.807) is 0 Å². The van der Waals surface area contributed by atoms with Gasteiger partial charge in [-0.3, -0.25) is 9.69 Å².